The molecule has 35 heavy (non-hydrogen) atoms. The maximum Gasteiger partial charge on any atom is 0.199 e. The highest BCUT2D eigenvalue weighted by Gasteiger charge is 2.15. The van der Waals surface area contributed by atoms with Crippen LogP contribution in [0.3, 0.4) is 0 Å². The molecule has 0 fully saturated rings. The molecule has 0 amide bonds. The van der Waals surface area contributed by atoms with Crippen molar-refractivity contribution in [1.29, 1.82) is 0 Å². The fourth-order valence-corrected chi connectivity index (χ4v) is 4.66. The summed E-state index contributed by atoms with van der Waals surface area (Å²) in [6.07, 6.45) is 16.6. The van der Waals surface area contributed by atoms with Crippen LogP contribution in [0.4, 0.5) is 0 Å². The van der Waals surface area contributed by atoms with Crippen molar-refractivity contribution in [3.8, 4) is 0 Å². The molecule has 0 N–H and O–H groups in total. The Hall–Kier alpha value is -2.11. The van der Waals surface area contributed by atoms with Crippen molar-refractivity contribution in [3.63, 3.8) is 0 Å². The van der Waals surface area contributed by atoms with E-state index in [2.05, 4.69) is 91.1 Å². The Balaban J connectivity index is 1.63. The molecular weight excluding hydrogens is 609 g/mol. The Morgan fingerprint density at radius 2 is 1.29 bits per heavy atom. The molecule has 0 atom stereocenters. The van der Waals surface area contributed by atoms with Crippen LogP contribution >= 0.6 is 55.1 Å². The largest absolute Gasteiger partial charge is 0.457 e. The molecule has 2 aromatic rings. The van der Waals surface area contributed by atoms with Gasteiger partial charge in [-0.25, -0.2) is 4.58 Å². The fourth-order valence-electron chi connectivity index (χ4n) is 3.72. The van der Waals surface area contributed by atoms with Crippen molar-refractivity contribution in [2.24, 2.45) is 0 Å². The average Bonchev–Trinajstić information content (AvgIpc) is 2.88. The third-order valence-electron chi connectivity index (χ3n) is 5.53. The number of halogens is 4. The van der Waals surface area contributed by atoms with Gasteiger partial charge in [0.1, 0.15) is 11.5 Å². The zero-order valence-electron chi connectivity index (χ0n) is 18.9. The van der Waals surface area contributed by atoms with Gasteiger partial charge in [-0.05, 0) is 71.4 Å². The third-order valence-corrected chi connectivity index (χ3v) is 6.92. The topological polar surface area (TPSA) is 12.2 Å². The van der Waals surface area contributed by atoms with E-state index in [-0.39, 0.29) is 0 Å². The van der Waals surface area contributed by atoms with Crippen LogP contribution in [-0.2, 0) is 4.74 Å². The van der Waals surface area contributed by atoms with Gasteiger partial charge >= 0.3 is 0 Å². The molecule has 178 valence electrons. The van der Waals surface area contributed by atoms with E-state index in [0.29, 0.717) is 11.8 Å². The minimum atomic E-state index is 0.565. The number of nitrogens with zero attached hydrogens (tertiary/aromatic N) is 1. The zero-order valence-corrected chi connectivity index (χ0v) is 23.6. The number of hydrogen-bond acceptors (Lipinski definition) is 1. The third kappa shape index (κ3) is 7.20. The Bertz CT molecular complexity index is 1250. The van der Waals surface area contributed by atoms with E-state index in [4.69, 9.17) is 27.9 Å². The highest BCUT2D eigenvalue weighted by Crippen LogP contribution is 2.32. The van der Waals surface area contributed by atoms with Gasteiger partial charge in [-0.15, -0.1) is 23.2 Å². The molecular formula is C29H24Br2Cl2NO+. The Labute approximate surface area is 233 Å². The van der Waals surface area contributed by atoms with Crippen LogP contribution in [0.1, 0.15) is 11.1 Å². The smallest absolute Gasteiger partial charge is 0.199 e. The van der Waals surface area contributed by atoms with Gasteiger partial charge < -0.3 is 4.74 Å². The lowest BCUT2D eigenvalue weighted by molar-refractivity contribution is -0.517. The molecule has 0 spiro atoms. The van der Waals surface area contributed by atoms with Gasteiger partial charge in [-0.2, -0.15) is 0 Å². The molecule has 0 saturated carbocycles. The molecule has 0 bridgehead atoms. The Morgan fingerprint density at radius 3 is 1.86 bits per heavy atom. The lowest BCUT2D eigenvalue weighted by Gasteiger charge is -2.18. The summed E-state index contributed by atoms with van der Waals surface area (Å²) < 4.78 is 10.6. The molecule has 0 unspecified atom stereocenters. The molecule has 2 aromatic carbocycles. The van der Waals surface area contributed by atoms with E-state index in [1.54, 1.807) is 0 Å². The minimum Gasteiger partial charge on any atom is -0.457 e. The normalized spacial score (nSPS) is 16.2. The van der Waals surface area contributed by atoms with E-state index in [0.717, 1.165) is 61.5 Å². The second-order valence-corrected chi connectivity index (χ2v) is 10.5. The molecule has 1 heterocycles. The molecule has 0 radical (unpaired) electrons. The van der Waals surface area contributed by atoms with Crippen molar-refractivity contribution < 1.29 is 9.31 Å². The summed E-state index contributed by atoms with van der Waals surface area (Å²) in [7, 11) is 0. The number of rotatable bonds is 7. The Morgan fingerprint density at radius 1 is 0.714 bits per heavy atom. The van der Waals surface area contributed by atoms with Crippen LogP contribution in [0.25, 0.3) is 11.3 Å². The van der Waals surface area contributed by atoms with Crippen molar-refractivity contribution in [1.82, 2.24) is 0 Å². The van der Waals surface area contributed by atoms with Crippen LogP contribution in [0.15, 0.2) is 117 Å². The summed E-state index contributed by atoms with van der Waals surface area (Å²) in [5, 5.41) is 0. The van der Waals surface area contributed by atoms with Crippen LogP contribution < -0.4 is 0 Å². The summed E-state index contributed by atoms with van der Waals surface area (Å²) in [4.78, 5) is 0. The highest BCUT2D eigenvalue weighted by atomic mass is 79.9. The summed E-state index contributed by atoms with van der Waals surface area (Å²) in [5.74, 6) is 2.72. The summed E-state index contributed by atoms with van der Waals surface area (Å²) in [6.45, 7) is 1.54. The second kappa shape index (κ2) is 12.7. The van der Waals surface area contributed by atoms with Gasteiger partial charge in [0, 0.05) is 26.7 Å². The number of alkyl halides is 2. The zero-order chi connectivity index (χ0) is 24.6. The quantitative estimate of drug-likeness (QED) is 0.220. The van der Waals surface area contributed by atoms with Crippen LogP contribution in [0.5, 0.6) is 0 Å². The van der Waals surface area contributed by atoms with Crippen LogP contribution in [0, 0.1) is 0 Å². The van der Waals surface area contributed by atoms with Gasteiger partial charge in [-0.3, -0.25) is 0 Å². The number of benzene rings is 2. The maximum absolute atomic E-state index is 6.29. The summed E-state index contributed by atoms with van der Waals surface area (Å²) in [5.41, 5.74) is 5.43. The van der Waals surface area contributed by atoms with E-state index >= 15 is 0 Å². The van der Waals surface area contributed by atoms with Crippen LogP contribution in [0.2, 0.25) is 0 Å². The highest BCUT2D eigenvalue weighted by molar-refractivity contribution is 9.10. The number of ether oxygens (including phenoxy) is 1. The standard InChI is InChI=1S/C29H24Br2Cl2NO/c30-25-8-4-22(5-9-25)24-19-28(35-29(20-24)23-6-10-26(31)11-7-23)14-3-21-1-12-27(13-2-21)34(17-15-32)18-16-33/h1-14,19-20H,15-18H2/q+1. The fraction of sp³-hybridized carbons (Fsp3) is 0.138. The van der Waals surface area contributed by atoms with Gasteiger partial charge in [0.2, 0.25) is 0 Å². The molecule has 0 saturated heterocycles. The van der Waals surface area contributed by atoms with Crippen molar-refractivity contribution in [2.75, 3.05) is 24.8 Å². The van der Waals surface area contributed by atoms with E-state index in [1.165, 1.54) is 0 Å². The number of allylic oxidation sites excluding steroid dienone is 10. The Kier molecular flexibility index (Phi) is 9.45. The molecule has 0 aromatic heterocycles. The molecule has 4 rings (SSSR count). The van der Waals surface area contributed by atoms with Crippen molar-refractivity contribution in [3.05, 3.63) is 129 Å². The minimum absolute atomic E-state index is 0.565. The lowest BCUT2D eigenvalue weighted by atomic mass is 10.0. The van der Waals surface area contributed by atoms with Gasteiger partial charge in [0.05, 0.1) is 11.8 Å². The lowest BCUT2D eigenvalue weighted by Crippen LogP contribution is -2.24. The first-order valence-electron chi connectivity index (χ1n) is 11.2. The predicted octanol–water partition coefficient (Wildman–Crippen LogP) is 8.53. The molecule has 2 aliphatic rings. The summed E-state index contributed by atoms with van der Waals surface area (Å²) in [6, 6.07) is 16.4. The number of hydrogen-bond donors (Lipinski definition) is 0. The molecule has 1 aliphatic heterocycles. The average molecular weight is 633 g/mol. The first-order chi connectivity index (χ1) is 17.1. The second-order valence-electron chi connectivity index (χ2n) is 7.92. The molecule has 6 heteroatoms. The van der Waals surface area contributed by atoms with E-state index in [1.807, 2.05) is 42.5 Å². The van der Waals surface area contributed by atoms with Crippen molar-refractivity contribution >= 4 is 72.1 Å². The van der Waals surface area contributed by atoms with E-state index < -0.39 is 0 Å². The predicted molar refractivity (Wildman–Crippen MR) is 156 cm³/mol. The van der Waals surface area contributed by atoms with Gasteiger partial charge in [0.25, 0.3) is 0 Å². The first kappa shape index (κ1) is 26.0. The maximum atomic E-state index is 6.29. The summed E-state index contributed by atoms with van der Waals surface area (Å²) >= 11 is 18.9. The van der Waals surface area contributed by atoms with Gasteiger partial charge in [0.15, 0.2) is 18.8 Å². The van der Waals surface area contributed by atoms with Crippen LogP contribution in [-0.4, -0.2) is 35.1 Å². The first-order valence-corrected chi connectivity index (χ1v) is 13.9. The monoisotopic (exact) mass is 630 g/mol. The SMILES string of the molecule is ClCC[N+](CCCl)=C1C=CC(=CC=C2C=C(c3ccc(Br)cc3)C=C(c3ccc(Br)cc3)O2)C=C1. The molecule has 1 aliphatic carbocycles. The molecule has 2 nitrogen and oxygen atoms in total. The van der Waals surface area contributed by atoms with Crippen molar-refractivity contribution in [2.45, 2.75) is 0 Å². The van der Waals surface area contributed by atoms with Gasteiger partial charge in [-0.1, -0.05) is 62.2 Å². The van der Waals surface area contributed by atoms with E-state index in [9.17, 15) is 0 Å².